The second-order valence-electron chi connectivity index (χ2n) is 12.9. The first-order valence-corrected chi connectivity index (χ1v) is 16.4. The number of aromatic nitrogens is 2. The van der Waals surface area contributed by atoms with Crippen LogP contribution in [0.4, 0.5) is 9.18 Å². The van der Waals surface area contributed by atoms with Gasteiger partial charge in [-0.1, -0.05) is 29.9 Å². The predicted octanol–water partition coefficient (Wildman–Crippen LogP) is 6.47. The van der Waals surface area contributed by atoms with Gasteiger partial charge in [-0.2, -0.15) is 0 Å². The number of fused-ring (bicyclic) bond motifs is 3. The Balaban J connectivity index is 1.09. The van der Waals surface area contributed by atoms with Gasteiger partial charge in [0.15, 0.2) is 4.96 Å². The van der Waals surface area contributed by atoms with Gasteiger partial charge < -0.3 is 19.9 Å². The van der Waals surface area contributed by atoms with Gasteiger partial charge in [0.1, 0.15) is 11.8 Å². The highest BCUT2D eigenvalue weighted by molar-refractivity contribution is 7.23. The number of ether oxygens (including phenoxy) is 1. The third-order valence-electron chi connectivity index (χ3n) is 8.56. The Kier molecular flexibility index (Phi) is 8.60. The van der Waals surface area contributed by atoms with Crippen LogP contribution in [0.25, 0.3) is 15.2 Å². The molecule has 4 heterocycles. The van der Waals surface area contributed by atoms with E-state index >= 15 is 4.39 Å². The summed E-state index contributed by atoms with van der Waals surface area (Å²) in [6, 6.07) is 5.53. The van der Waals surface area contributed by atoms with E-state index in [4.69, 9.17) is 9.72 Å². The number of imidazole rings is 1. The van der Waals surface area contributed by atoms with Crippen molar-refractivity contribution >= 4 is 38.5 Å². The third kappa shape index (κ3) is 6.65. The fourth-order valence-corrected chi connectivity index (χ4v) is 7.46. The standard InChI is InChI=1S/C33H42FN5O3S/c1-33(2,3)42-32(41)38-18-7-9-27(38)22-10-12-24(25(34)19-22)26-21-39-28-13-11-23(20-29(28)43-31(39)36-26)30(40)35-14-8-17-37-15-5-4-6-16-37/h10-13,19-21,24-25,27H,4-9,14-18H2,1-3H3,(H,35,40)/t24?,25?,27-/m1/s1. The van der Waals surface area contributed by atoms with Crippen LogP contribution in [-0.2, 0) is 4.74 Å². The lowest BCUT2D eigenvalue weighted by atomic mass is 9.89. The van der Waals surface area contributed by atoms with Crippen molar-refractivity contribution in [3.8, 4) is 0 Å². The second-order valence-corrected chi connectivity index (χ2v) is 14.0. The fourth-order valence-electron chi connectivity index (χ4n) is 6.41. The number of thiazole rings is 1. The Morgan fingerprint density at radius 2 is 1.95 bits per heavy atom. The zero-order valence-electron chi connectivity index (χ0n) is 25.4. The van der Waals surface area contributed by atoms with E-state index in [0.717, 1.165) is 46.6 Å². The van der Waals surface area contributed by atoms with Gasteiger partial charge in [0.05, 0.1) is 27.9 Å². The highest BCUT2D eigenvalue weighted by atomic mass is 32.1. The molecule has 0 bridgehead atoms. The van der Waals surface area contributed by atoms with Crippen LogP contribution in [0.5, 0.6) is 0 Å². The number of likely N-dealkylation sites (tertiary alicyclic amines) is 2. The molecule has 3 atom stereocenters. The quantitative estimate of drug-likeness (QED) is 0.312. The minimum atomic E-state index is -1.25. The van der Waals surface area contributed by atoms with E-state index in [1.807, 2.05) is 61.7 Å². The van der Waals surface area contributed by atoms with Crippen molar-refractivity contribution in [1.29, 1.82) is 0 Å². The van der Waals surface area contributed by atoms with Crippen molar-refractivity contribution in [3.63, 3.8) is 0 Å². The number of hydrogen-bond donors (Lipinski definition) is 1. The Labute approximate surface area is 256 Å². The van der Waals surface area contributed by atoms with Crippen LogP contribution in [-0.4, -0.2) is 81.7 Å². The van der Waals surface area contributed by atoms with Crippen molar-refractivity contribution in [3.05, 3.63) is 59.5 Å². The molecule has 2 saturated heterocycles. The summed E-state index contributed by atoms with van der Waals surface area (Å²) in [5.74, 6) is -0.563. The molecule has 43 heavy (non-hydrogen) atoms. The maximum absolute atomic E-state index is 15.6. The number of halogens is 1. The van der Waals surface area contributed by atoms with Crippen LogP contribution in [0.1, 0.15) is 81.3 Å². The molecule has 0 saturated carbocycles. The predicted molar refractivity (Wildman–Crippen MR) is 169 cm³/mol. The molecular formula is C33H42FN5O3S. The number of piperidine rings is 1. The summed E-state index contributed by atoms with van der Waals surface area (Å²) in [5, 5.41) is 3.06. The number of allylic oxidation sites excluding steroid dienone is 2. The lowest BCUT2D eigenvalue weighted by Crippen LogP contribution is -2.40. The van der Waals surface area contributed by atoms with Crippen molar-refractivity contribution in [2.24, 2.45) is 0 Å². The van der Waals surface area contributed by atoms with Gasteiger partial charge in [0.25, 0.3) is 5.91 Å². The van der Waals surface area contributed by atoms with Crippen LogP contribution in [0.15, 0.2) is 48.2 Å². The van der Waals surface area contributed by atoms with E-state index < -0.39 is 17.7 Å². The smallest absolute Gasteiger partial charge is 0.410 e. The largest absolute Gasteiger partial charge is 0.444 e. The Hall–Kier alpha value is -3.24. The monoisotopic (exact) mass is 607 g/mol. The Morgan fingerprint density at radius 1 is 1.14 bits per heavy atom. The number of carbonyl (C=O) groups is 2. The van der Waals surface area contributed by atoms with Crippen molar-refractivity contribution in [2.75, 3.05) is 32.7 Å². The number of carbonyl (C=O) groups excluding carboxylic acids is 2. The summed E-state index contributed by atoms with van der Waals surface area (Å²) < 4.78 is 24.1. The lowest BCUT2D eigenvalue weighted by molar-refractivity contribution is 0.0250. The summed E-state index contributed by atoms with van der Waals surface area (Å²) in [4.78, 5) is 35.3. The van der Waals surface area contributed by atoms with Crippen LogP contribution in [0.3, 0.4) is 0 Å². The van der Waals surface area contributed by atoms with E-state index in [1.165, 1.54) is 43.7 Å². The number of nitrogens with one attached hydrogen (secondary N) is 1. The minimum Gasteiger partial charge on any atom is -0.444 e. The number of rotatable bonds is 7. The summed E-state index contributed by atoms with van der Waals surface area (Å²) in [5.41, 5.74) is 2.49. The summed E-state index contributed by atoms with van der Waals surface area (Å²) in [6.07, 6.45) is 12.2. The van der Waals surface area contributed by atoms with Crippen molar-refractivity contribution < 1.29 is 18.7 Å². The van der Waals surface area contributed by atoms with Crippen LogP contribution in [0.2, 0.25) is 0 Å². The molecule has 3 aliphatic rings. The maximum atomic E-state index is 15.6. The molecule has 6 rings (SSSR count). The molecule has 8 nitrogen and oxygen atoms in total. The SMILES string of the molecule is CC(C)(C)OC(=O)N1CCC[C@@H]1C1=CC(F)C(c2cn3c(n2)sc2cc(C(=O)NCCCN4CCCCC4)ccc23)C=C1. The summed E-state index contributed by atoms with van der Waals surface area (Å²) in [6.45, 7) is 10.2. The molecule has 2 unspecified atom stereocenters. The number of nitrogens with zero attached hydrogens (tertiary/aromatic N) is 4. The van der Waals surface area contributed by atoms with Gasteiger partial charge in [0, 0.05) is 24.8 Å². The molecule has 230 valence electrons. The average Bonchev–Trinajstić information content (AvgIpc) is 3.70. The van der Waals surface area contributed by atoms with E-state index in [1.54, 1.807) is 11.0 Å². The molecule has 10 heteroatoms. The van der Waals surface area contributed by atoms with Gasteiger partial charge in [-0.25, -0.2) is 14.2 Å². The Morgan fingerprint density at radius 3 is 2.72 bits per heavy atom. The van der Waals surface area contributed by atoms with Gasteiger partial charge in [-0.05, 0) is 102 Å². The van der Waals surface area contributed by atoms with Gasteiger partial charge >= 0.3 is 6.09 Å². The second kappa shape index (κ2) is 12.4. The lowest BCUT2D eigenvalue weighted by Gasteiger charge is -2.30. The first kappa shape index (κ1) is 29.8. The van der Waals surface area contributed by atoms with Crippen LogP contribution in [0, 0.1) is 0 Å². The number of amides is 2. The van der Waals surface area contributed by atoms with Gasteiger partial charge in [-0.3, -0.25) is 9.20 Å². The molecule has 1 aromatic carbocycles. The topological polar surface area (TPSA) is 79.2 Å². The minimum absolute atomic E-state index is 0.0602. The van der Waals surface area contributed by atoms with Crippen LogP contribution < -0.4 is 5.32 Å². The first-order chi connectivity index (χ1) is 20.7. The average molecular weight is 608 g/mol. The van der Waals surface area contributed by atoms with E-state index in [-0.39, 0.29) is 18.0 Å². The van der Waals surface area contributed by atoms with Gasteiger partial charge in [-0.15, -0.1) is 0 Å². The molecule has 2 aromatic heterocycles. The molecule has 2 amide bonds. The normalized spacial score (nSPS) is 23.2. The zero-order valence-corrected chi connectivity index (χ0v) is 26.2. The van der Waals surface area contributed by atoms with Crippen LogP contribution >= 0.6 is 11.3 Å². The molecule has 1 N–H and O–H groups in total. The van der Waals surface area contributed by atoms with E-state index in [0.29, 0.717) is 24.3 Å². The van der Waals surface area contributed by atoms with Crippen molar-refractivity contribution in [2.45, 2.75) is 83.0 Å². The highest BCUT2D eigenvalue weighted by Crippen LogP contribution is 2.36. The van der Waals surface area contributed by atoms with E-state index in [2.05, 4.69) is 10.2 Å². The van der Waals surface area contributed by atoms with Gasteiger partial charge in [0.2, 0.25) is 0 Å². The molecule has 3 aromatic rings. The summed E-state index contributed by atoms with van der Waals surface area (Å²) in [7, 11) is 0. The molecule has 0 spiro atoms. The number of benzene rings is 1. The molecular weight excluding hydrogens is 565 g/mol. The third-order valence-corrected chi connectivity index (χ3v) is 9.58. The highest BCUT2D eigenvalue weighted by Gasteiger charge is 2.36. The molecule has 0 radical (unpaired) electrons. The fraction of sp³-hybridized carbons (Fsp3) is 0.545. The molecule has 2 aliphatic heterocycles. The van der Waals surface area contributed by atoms with Crippen molar-refractivity contribution in [1.82, 2.24) is 24.5 Å². The molecule has 1 aliphatic carbocycles. The summed E-state index contributed by atoms with van der Waals surface area (Å²) >= 11 is 1.50. The molecule has 2 fully saturated rings. The Bertz CT molecular complexity index is 1550. The van der Waals surface area contributed by atoms with E-state index in [9.17, 15) is 9.59 Å². The maximum Gasteiger partial charge on any atom is 0.410 e. The zero-order chi connectivity index (χ0) is 30.1. The number of alkyl halides is 1. The number of hydrogen-bond acceptors (Lipinski definition) is 6. The first-order valence-electron chi connectivity index (χ1n) is 15.6.